The topological polar surface area (TPSA) is 61.4 Å². The number of nitrogens with one attached hydrogen (secondary N) is 2. The first-order valence-electron chi connectivity index (χ1n) is 9.04. The van der Waals surface area contributed by atoms with Crippen LogP contribution < -0.4 is 15.5 Å². The molecule has 26 heavy (non-hydrogen) atoms. The number of anilines is 2. The van der Waals surface area contributed by atoms with Crippen LogP contribution in [0.25, 0.3) is 0 Å². The molecule has 2 amide bonds. The van der Waals surface area contributed by atoms with Crippen molar-refractivity contribution in [2.24, 2.45) is 5.92 Å². The Bertz CT molecular complexity index is 801. The average molecular weight is 351 g/mol. The lowest BCUT2D eigenvalue weighted by atomic mass is 10.1. The molecule has 1 aliphatic heterocycles. The molecule has 136 valence electrons. The maximum Gasteiger partial charge on any atom is 0.253 e. The van der Waals surface area contributed by atoms with E-state index in [0.29, 0.717) is 23.7 Å². The molecule has 5 heteroatoms. The molecule has 2 aromatic rings. The van der Waals surface area contributed by atoms with E-state index in [0.717, 1.165) is 18.7 Å². The summed E-state index contributed by atoms with van der Waals surface area (Å²) in [5.41, 5.74) is 3.42. The van der Waals surface area contributed by atoms with Gasteiger partial charge in [-0.1, -0.05) is 44.2 Å². The summed E-state index contributed by atoms with van der Waals surface area (Å²) in [5.74, 6) is 0.0860. The van der Waals surface area contributed by atoms with Gasteiger partial charge < -0.3 is 15.5 Å². The highest BCUT2D eigenvalue weighted by molar-refractivity contribution is 6.04. The van der Waals surface area contributed by atoms with Crippen molar-refractivity contribution in [2.75, 3.05) is 29.9 Å². The Morgan fingerprint density at radius 2 is 1.81 bits per heavy atom. The zero-order valence-electron chi connectivity index (χ0n) is 15.3. The number of hydrogen-bond acceptors (Lipinski definition) is 3. The zero-order chi connectivity index (χ0) is 18.5. The molecule has 2 N–H and O–H groups in total. The lowest BCUT2D eigenvalue weighted by Crippen LogP contribution is -2.33. The predicted molar refractivity (Wildman–Crippen MR) is 105 cm³/mol. The minimum atomic E-state index is -0.166. The maximum atomic E-state index is 12.5. The van der Waals surface area contributed by atoms with Crippen LogP contribution in [0.2, 0.25) is 0 Å². The SMILES string of the molecule is CC(C)CNC(=O)c1ccccc1NC(=O)CN1CCc2ccccc21. The van der Waals surface area contributed by atoms with Crippen LogP contribution >= 0.6 is 0 Å². The maximum absolute atomic E-state index is 12.5. The Morgan fingerprint density at radius 1 is 1.08 bits per heavy atom. The minimum absolute atomic E-state index is 0.120. The monoisotopic (exact) mass is 351 g/mol. The lowest BCUT2D eigenvalue weighted by molar-refractivity contribution is -0.115. The highest BCUT2D eigenvalue weighted by Gasteiger charge is 2.21. The van der Waals surface area contributed by atoms with Crippen molar-refractivity contribution in [3.63, 3.8) is 0 Å². The van der Waals surface area contributed by atoms with E-state index in [9.17, 15) is 9.59 Å². The van der Waals surface area contributed by atoms with Crippen LogP contribution in [0.15, 0.2) is 48.5 Å². The van der Waals surface area contributed by atoms with Crippen LogP contribution in [0, 0.1) is 5.92 Å². The summed E-state index contributed by atoms with van der Waals surface area (Å²) in [6.45, 7) is 5.80. The average Bonchev–Trinajstić information content (AvgIpc) is 3.03. The van der Waals surface area contributed by atoms with E-state index in [2.05, 4.69) is 21.6 Å². The molecular formula is C21H25N3O2. The van der Waals surface area contributed by atoms with Crippen LogP contribution in [0.1, 0.15) is 29.8 Å². The number of hydrogen-bond donors (Lipinski definition) is 2. The largest absolute Gasteiger partial charge is 0.362 e. The molecule has 0 saturated heterocycles. The van der Waals surface area contributed by atoms with E-state index in [1.807, 2.05) is 38.1 Å². The van der Waals surface area contributed by atoms with Crippen molar-refractivity contribution >= 4 is 23.2 Å². The van der Waals surface area contributed by atoms with E-state index >= 15 is 0 Å². The first-order valence-corrected chi connectivity index (χ1v) is 9.04. The van der Waals surface area contributed by atoms with Gasteiger partial charge in [-0.15, -0.1) is 0 Å². The summed E-state index contributed by atoms with van der Waals surface area (Å²) in [6, 6.07) is 15.3. The normalized spacial score (nSPS) is 12.8. The van der Waals surface area contributed by atoms with Gasteiger partial charge >= 0.3 is 0 Å². The smallest absolute Gasteiger partial charge is 0.253 e. The van der Waals surface area contributed by atoms with Gasteiger partial charge in [0.2, 0.25) is 5.91 Å². The fourth-order valence-corrected chi connectivity index (χ4v) is 3.12. The third kappa shape index (κ3) is 4.23. The number of para-hydroxylation sites is 2. The third-order valence-electron chi connectivity index (χ3n) is 4.43. The Kier molecular flexibility index (Phi) is 5.56. The van der Waals surface area contributed by atoms with Crippen molar-refractivity contribution in [3.8, 4) is 0 Å². The molecule has 0 radical (unpaired) electrons. The van der Waals surface area contributed by atoms with Gasteiger partial charge in [-0.3, -0.25) is 9.59 Å². The number of nitrogens with zero attached hydrogens (tertiary/aromatic N) is 1. The Labute approximate surface area is 154 Å². The number of carbonyl (C=O) groups is 2. The molecule has 0 fully saturated rings. The quantitative estimate of drug-likeness (QED) is 0.841. The van der Waals surface area contributed by atoms with Crippen molar-refractivity contribution in [1.82, 2.24) is 5.32 Å². The molecule has 0 aliphatic carbocycles. The molecule has 0 saturated carbocycles. The predicted octanol–water partition coefficient (Wildman–Crippen LogP) is 3.07. The van der Waals surface area contributed by atoms with Crippen LogP contribution in [-0.4, -0.2) is 31.4 Å². The molecule has 2 aromatic carbocycles. The van der Waals surface area contributed by atoms with Crippen LogP contribution in [-0.2, 0) is 11.2 Å². The van der Waals surface area contributed by atoms with E-state index < -0.39 is 0 Å². The van der Waals surface area contributed by atoms with Gasteiger partial charge in [0.15, 0.2) is 0 Å². The van der Waals surface area contributed by atoms with Crippen LogP contribution in [0.5, 0.6) is 0 Å². The van der Waals surface area contributed by atoms with Gasteiger partial charge in [-0.05, 0) is 36.1 Å². The van der Waals surface area contributed by atoms with Gasteiger partial charge in [0.25, 0.3) is 5.91 Å². The van der Waals surface area contributed by atoms with Crippen molar-refractivity contribution in [3.05, 3.63) is 59.7 Å². The fourth-order valence-electron chi connectivity index (χ4n) is 3.12. The second-order valence-corrected chi connectivity index (χ2v) is 7.00. The molecule has 1 aliphatic rings. The number of fused-ring (bicyclic) bond motifs is 1. The van der Waals surface area contributed by atoms with Crippen LogP contribution in [0.3, 0.4) is 0 Å². The van der Waals surface area contributed by atoms with E-state index in [1.54, 1.807) is 18.2 Å². The molecule has 0 bridgehead atoms. The minimum Gasteiger partial charge on any atom is -0.362 e. The Morgan fingerprint density at radius 3 is 2.62 bits per heavy atom. The third-order valence-corrected chi connectivity index (χ3v) is 4.43. The lowest BCUT2D eigenvalue weighted by Gasteiger charge is -2.19. The zero-order valence-corrected chi connectivity index (χ0v) is 15.3. The van der Waals surface area contributed by atoms with Crippen molar-refractivity contribution in [1.29, 1.82) is 0 Å². The first kappa shape index (κ1) is 18.0. The van der Waals surface area contributed by atoms with Gasteiger partial charge in [0.05, 0.1) is 17.8 Å². The van der Waals surface area contributed by atoms with E-state index in [-0.39, 0.29) is 18.4 Å². The molecule has 0 aromatic heterocycles. The second-order valence-electron chi connectivity index (χ2n) is 7.00. The molecule has 0 spiro atoms. The summed E-state index contributed by atoms with van der Waals surface area (Å²) >= 11 is 0. The highest BCUT2D eigenvalue weighted by Crippen LogP contribution is 2.27. The fraction of sp³-hybridized carbons (Fsp3) is 0.333. The van der Waals surface area contributed by atoms with Crippen LogP contribution in [0.4, 0.5) is 11.4 Å². The summed E-state index contributed by atoms with van der Waals surface area (Å²) in [6.07, 6.45) is 0.956. The van der Waals surface area contributed by atoms with Gasteiger partial charge in [-0.25, -0.2) is 0 Å². The molecule has 0 atom stereocenters. The van der Waals surface area contributed by atoms with Crippen molar-refractivity contribution < 1.29 is 9.59 Å². The number of carbonyl (C=O) groups excluding carboxylic acids is 2. The first-order chi connectivity index (χ1) is 12.5. The molecule has 0 unspecified atom stereocenters. The number of amides is 2. The van der Waals surface area contributed by atoms with Gasteiger partial charge in [0.1, 0.15) is 0 Å². The summed E-state index contributed by atoms with van der Waals surface area (Å²) in [4.78, 5) is 27.0. The second kappa shape index (κ2) is 8.04. The van der Waals surface area contributed by atoms with E-state index in [1.165, 1.54) is 5.56 Å². The number of rotatable bonds is 6. The van der Waals surface area contributed by atoms with Crippen molar-refractivity contribution in [2.45, 2.75) is 20.3 Å². The Hall–Kier alpha value is -2.82. The summed E-state index contributed by atoms with van der Waals surface area (Å²) in [5, 5.41) is 5.79. The standard InChI is InChI=1S/C21H25N3O2/c1-15(2)13-22-21(26)17-8-4-5-9-18(17)23-20(25)14-24-12-11-16-7-3-6-10-19(16)24/h3-10,15H,11-14H2,1-2H3,(H,22,26)(H,23,25). The molecule has 5 nitrogen and oxygen atoms in total. The van der Waals surface area contributed by atoms with Gasteiger partial charge in [0, 0.05) is 18.8 Å². The number of benzene rings is 2. The summed E-state index contributed by atoms with van der Waals surface area (Å²) in [7, 11) is 0. The molecule has 3 rings (SSSR count). The molecule has 1 heterocycles. The molecular weight excluding hydrogens is 326 g/mol. The van der Waals surface area contributed by atoms with E-state index in [4.69, 9.17) is 0 Å². The Balaban J connectivity index is 1.66. The van der Waals surface area contributed by atoms with Gasteiger partial charge in [-0.2, -0.15) is 0 Å². The highest BCUT2D eigenvalue weighted by atomic mass is 16.2. The summed E-state index contributed by atoms with van der Waals surface area (Å²) < 4.78 is 0.